The van der Waals surface area contributed by atoms with E-state index >= 15 is 0 Å². The first-order chi connectivity index (χ1) is 19.8. The Morgan fingerprint density at radius 3 is 2.54 bits per heavy atom. The van der Waals surface area contributed by atoms with Crippen molar-refractivity contribution in [2.45, 2.75) is 51.3 Å². The maximum absolute atomic E-state index is 14.1. The molecule has 2 heterocycles. The summed E-state index contributed by atoms with van der Waals surface area (Å²) in [5.41, 5.74) is 5.24. The highest BCUT2D eigenvalue weighted by Crippen LogP contribution is 2.34. The molecule has 3 aromatic rings. The zero-order valence-corrected chi connectivity index (χ0v) is 24.7. The lowest BCUT2D eigenvalue weighted by molar-refractivity contribution is -0.132. The molecule has 6 nitrogen and oxygen atoms in total. The molecule has 214 valence electrons. The van der Waals surface area contributed by atoms with E-state index < -0.39 is 0 Å². The van der Waals surface area contributed by atoms with Crippen LogP contribution in [0.15, 0.2) is 84.4 Å². The molecule has 2 aliphatic heterocycles. The van der Waals surface area contributed by atoms with Crippen LogP contribution in [0.25, 0.3) is 5.57 Å². The molecule has 2 aliphatic rings. The number of hydrogen-bond acceptors (Lipinski definition) is 4. The van der Waals surface area contributed by atoms with Gasteiger partial charge in [-0.1, -0.05) is 72.3 Å². The smallest absolute Gasteiger partial charge is 0.251 e. The van der Waals surface area contributed by atoms with E-state index in [9.17, 15) is 9.59 Å². The van der Waals surface area contributed by atoms with Crippen LogP contribution in [-0.4, -0.2) is 66.5 Å². The predicted octanol–water partition coefficient (Wildman–Crippen LogP) is 5.40. The fourth-order valence-corrected chi connectivity index (χ4v) is 6.09. The van der Waals surface area contributed by atoms with Crippen molar-refractivity contribution in [1.29, 1.82) is 0 Å². The molecule has 7 heteroatoms. The van der Waals surface area contributed by atoms with Gasteiger partial charge in [-0.3, -0.25) is 9.59 Å². The Morgan fingerprint density at radius 1 is 1.02 bits per heavy atom. The summed E-state index contributed by atoms with van der Waals surface area (Å²) in [5, 5.41) is 4.29. The van der Waals surface area contributed by atoms with Crippen molar-refractivity contribution in [3.05, 3.63) is 106 Å². The number of ether oxygens (including phenoxy) is 1. The number of fused-ring (bicyclic) bond motifs is 2. The monoisotopic (exact) mass is 571 g/mol. The summed E-state index contributed by atoms with van der Waals surface area (Å²) in [6.07, 6.45) is 2.13. The molecule has 0 saturated carbocycles. The van der Waals surface area contributed by atoms with E-state index in [1.54, 1.807) is 6.92 Å². The second-order valence-corrected chi connectivity index (χ2v) is 11.6. The van der Waals surface area contributed by atoms with E-state index in [0.717, 1.165) is 40.9 Å². The van der Waals surface area contributed by atoms with Gasteiger partial charge in [-0.15, -0.1) is 0 Å². The van der Waals surface area contributed by atoms with Gasteiger partial charge in [0, 0.05) is 56.7 Å². The molecule has 41 heavy (non-hydrogen) atoms. The normalized spacial score (nSPS) is 19.1. The van der Waals surface area contributed by atoms with Gasteiger partial charge in [0.25, 0.3) is 5.91 Å². The SMILES string of the molecule is CC(=O)N1C[C@H]2CC(c3cccc(CC(C)Oc4cccc(Cl)c4)c3)=C(C(=O)N(C)CCc3ccccc3)[C@@H](C1)N2. The quantitative estimate of drug-likeness (QED) is 0.374. The second kappa shape index (κ2) is 12.9. The Kier molecular flexibility index (Phi) is 9.11. The molecule has 2 amide bonds. The number of hydrogen-bond donors (Lipinski definition) is 1. The molecule has 1 saturated heterocycles. The van der Waals surface area contributed by atoms with Gasteiger partial charge in [0.2, 0.25) is 5.91 Å². The van der Waals surface area contributed by atoms with Crippen molar-refractivity contribution in [2.24, 2.45) is 0 Å². The highest BCUT2D eigenvalue weighted by Gasteiger charge is 2.39. The van der Waals surface area contributed by atoms with Crippen LogP contribution in [0.1, 0.15) is 37.0 Å². The van der Waals surface area contributed by atoms with Crippen molar-refractivity contribution >= 4 is 29.0 Å². The van der Waals surface area contributed by atoms with Crippen LogP contribution in [0.5, 0.6) is 5.75 Å². The third-order valence-corrected chi connectivity index (χ3v) is 8.17. The zero-order valence-electron chi connectivity index (χ0n) is 24.0. The van der Waals surface area contributed by atoms with Crippen LogP contribution >= 0.6 is 11.6 Å². The first-order valence-electron chi connectivity index (χ1n) is 14.3. The minimum absolute atomic E-state index is 0.0142. The summed E-state index contributed by atoms with van der Waals surface area (Å²) in [6.45, 7) is 5.41. The van der Waals surface area contributed by atoms with Crippen LogP contribution < -0.4 is 10.1 Å². The van der Waals surface area contributed by atoms with Gasteiger partial charge in [0.15, 0.2) is 0 Å². The number of piperazine rings is 1. The van der Waals surface area contributed by atoms with Crippen molar-refractivity contribution in [3.63, 3.8) is 0 Å². The van der Waals surface area contributed by atoms with Crippen molar-refractivity contribution in [2.75, 3.05) is 26.7 Å². The molecule has 0 aromatic heterocycles. The minimum atomic E-state index is -0.207. The number of nitrogens with zero attached hydrogens (tertiary/aromatic N) is 2. The van der Waals surface area contributed by atoms with Crippen LogP contribution in [0, 0.1) is 0 Å². The fraction of sp³-hybridized carbons (Fsp3) is 0.353. The summed E-state index contributed by atoms with van der Waals surface area (Å²) in [6, 6.07) is 26.0. The Labute approximate surface area is 247 Å². The summed E-state index contributed by atoms with van der Waals surface area (Å²) < 4.78 is 6.13. The molecule has 0 aliphatic carbocycles. The van der Waals surface area contributed by atoms with Gasteiger partial charge in [0.1, 0.15) is 5.75 Å². The van der Waals surface area contributed by atoms with E-state index in [-0.39, 0.29) is 30.0 Å². The summed E-state index contributed by atoms with van der Waals surface area (Å²) >= 11 is 6.13. The van der Waals surface area contributed by atoms with Crippen molar-refractivity contribution in [3.8, 4) is 5.75 Å². The number of carbonyl (C=O) groups excluding carboxylic acids is 2. The Morgan fingerprint density at radius 2 is 1.78 bits per heavy atom. The molecule has 1 fully saturated rings. The molecule has 1 unspecified atom stereocenters. The van der Waals surface area contributed by atoms with Gasteiger partial charge >= 0.3 is 0 Å². The standard InChI is InChI=1S/C34H38ClN3O3/c1-23(41-30-14-8-13-28(35)19-30)17-26-11-7-12-27(18-26)31-20-29-21-38(24(2)39)22-32(36-29)33(31)34(40)37(3)16-15-25-9-5-4-6-10-25/h4-14,18-19,23,29,32,36H,15-17,20-22H2,1-3H3/t23?,29-,32-/m1/s1. The zero-order chi connectivity index (χ0) is 28.9. The lowest BCUT2D eigenvalue weighted by Gasteiger charge is -2.44. The summed E-state index contributed by atoms with van der Waals surface area (Å²) in [7, 11) is 1.87. The number of amides is 2. The summed E-state index contributed by atoms with van der Waals surface area (Å²) in [4.78, 5) is 30.1. The maximum atomic E-state index is 14.1. The molecule has 3 aromatic carbocycles. The van der Waals surface area contributed by atoms with Crippen LogP contribution in [0.3, 0.4) is 0 Å². The molecule has 0 spiro atoms. The molecule has 1 N–H and O–H groups in total. The third kappa shape index (κ3) is 7.19. The fourth-order valence-electron chi connectivity index (χ4n) is 5.91. The number of likely N-dealkylation sites (N-methyl/N-ethyl adjacent to an activating group) is 1. The van der Waals surface area contributed by atoms with E-state index in [0.29, 0.717) is 31.1 Å². The number of benzene rings is 3. The van der Waals surface area contributed by atoms with Gasteiger partial charge in [-0.25, -0.2) is 0 Å². The largest absolute Gasteiger partial charge is 0.490 e. The molecule has 5 rings (SSSR count). The van der Waals surface area contributed by atoms with Gasteiger partial charge in [0.05, 0.1) is 12.1 Å². The lowest BCUT2D eigenvalue weighted by atomic mass is 9.82. The van der Waals surface area contributed by atoms with Crippen molar-refractivity contribution < 1.29 is 14.3 Å². The number of rotatable bonds is 9. The Bertz CT molecular complexity index is 1420. The highest BCUT2D eigenvalue weighted by atomic mass is 35.5. The maximum Gasteiger partial charge on any atom is 0.251 e. The van der Waals surface area contributed by atoms with Crippen LogP contribution in [-0.2, 0) is 22.4 Å². The Balaban J connectivity index is 1.41. The number of carbonyl (C=O) groups is 2. The first kappa shape index (κ1) is 28.9. The van der Waals surface area contributed by atoms with E-state index in [4.69, 9.17) is 16.3 Å². The minimum Gasteiger partial charge on any atom is -0.490 e. The van der Waals surface area contributed by atoms with Gasteiger partial charge in [-0.2, -0.15) is 0 Å². The van der Waals surface area contributed by atoms with Crippen molar-refractivity contribution in [1.82, 2.24) is 15.1 Å². The summed E-state index contributed by atoms with van der Waals surface area (Å²) in [5.74, 6) is 0.807. The first-order valence-corrected chi connectivity index (χ1v) is 14.7. The average Bonchev–Trinajstić information content (AvgIpc) is 2.95. The number of halogens is 1. The van der Waals surface area contributed by atoms with E-state index in [1.165, 1.54) is 5.56 Å². The highest BCUT2D eigenvalue weighted by molar-refractivity contribution is 6.30. The molecular formula is C34H38ClN3O3. The molecular weight excluding hydrogens is 534 g/mol. The molecule has 0 radical (unpaired) electrons. The van der Waals surface area contributed by atoms with Gasteiger partial charge < -0.3 is 19.9 Å². The number of nitrogens with one attached hydrogen (secondary N) is 1. The van der Waals surface area contributed by atoms with Crippen LogP contribution in [0.4, 0.5) is 0 Å². The Hall–Kier alpha value is -3.61. The average molecular weight is 572 g/mol. The molecule has 2 bridgehead atoms. The van der Waals surface area contributed by atoms with E-state index in [1.807, 2.05) is 59.3 Å². The molecule has 3 atom stereocenters. The lowest BCUT2D eigenvalue weighted by Crippen LogP contribution is -2.61. The third-order valence-electron chi connectivity index (χ3n) is 7.94. The topological polar surface area (TPSA) is 61.9 Å². The van der Waals surface area contributed by atoms with Gasteiger partial charge in [-0.05, 0) is 60.2 Å². The van der Waals surface area contributed by atoms with E-state index in [2.05, 4.69) is 48.6 Å². The second-order valence-electron chi connectivity index (χ2n) is 11.2. The van der Waals surface area contributed by atoms with Crippen LogP contribution in [0.2, 0.25) is 5.02 Å². The predicted molar refractivity (Wildman–Crippen MR) is 164 cm³/mol.